The van der Waals surface area contributed by atoms with Gasteiger partial charge in [0.1, 0.15) is 0 Å². The van der Waals surface area contributed by atoms with Gasteiger partial charge in [-0.15, -0.1) is 0 Å². The van der Waals surface area contributed by atoms with E-state index in [9.17, 15) is 8.42 Å². The molecule has 74 valence electrons. The number of primary sulfonamides is 1. The zero-order valence-electron chi connectivity index (χ0n) is 7.28. The van der Waals surface area contributed by atoms with Crippen LogP contribution < -0.4 is 5.14 Å². The first-order chi connectivity index (χ1) is 5.29. The predicted molar refractivity (Wildman–Crippen MR) is 46.2 cm³/mol. The van der Waals surface area contributed by atoms with Crippen LogP contribution in [0.5, 0.6) is 0 Å². The number of sulfonamides is 1. The van der Waals surface area contributed by atoms with E-state index in [1.54, 1.807) is 0 Å². The van der Waals surface area contributed by atoms with Crippen molar-refractivity contribution < 1.29 is 18.3 Å². The Bertz CT molecular complexity index is 206. The van der Waals surface area contributed by atoms with E-state index in [0.717, 1.165) is 13.3 Å². The Morgan fingerprint density at radius 2 is 1.83 bits per heavy atom. The maximum absolute atomic E-state index is 10.2. The molecule has 0 unspecified atom stereocenters. The highest BCUT2D eigenvalue weighted by atomic mass is 32.2. The highest BCUT2D eigenvalue weighted by Crippen LogP contribution is 1.88. The van der Waals surface area contributed by atoms with Crippen LogP contribution >= 0.6 is 0 Å². The summed E-state index contributed by atoms with van der Waals surface area (Å²) in [5.41, 5.74) is 0. The fourth-order valence-electron chi connectivity index (χ4n) is 0.346. The lowest BCUT2D eigenvalue weighted by molar-refractivity contribution is -0.134. The number of rotatable bonds is 3. The number of carboxylic acid groups (broad SMARTS) is 1. The van der Waals surface area contributed by atoms with Crippen molar-refractivity contribution in [2.45, 2.75) is 26.7 Å². The van der Waals surface area contributed by atoms with Crippen molar-refractivity contribution in [1.82, 2.24) is 0 Å². The van der Waals surface area contributed by atoms with Gasteiger partial charge in [-0.25, -0.2) is 13.6 Å². The van der Waals surface area contributed by atoms with Crippen molar-refractivity contribution >= 4 is 16.0 Å². The summed E-state index contributed by atoms with van der Waals surface area (Å²) in [4.78, 5) is 9.00. The molecule has 0 saturated heterocycles. The average molecular weight is 197 g/mol. The quantitative estimate of drug-likeness (QED) is 0.673. The second kappa shape index (κ2) is 7.05. The Labute approximate surface area is 72.6 Å². The van der Waals surface area contributed by atoms with E-state index in [4.69, 9.17) is 15.0 Å². The molecular formula is C6H15NO4S. The van der Waals surface area contributed by atoms with Crippen LogP contribution in [-0.2, 0) is 14.8 Å². The van der Waals surface area contributed by atoms with Gasteiger partial charge in [0.15, 0.2) is 0 Å². The van der Waals surface area contributed by atoms with E-state index < -0.39 is 16.0 Å². The van der Waals surface area contributed by atoms with Crippen LogP contribution in [0.1, 0.15) is 26.7 Å². The minimum Gasteiger partial charge on any atom is -0.481 e. The minimum atomic E-state index is -3.19. The lowest BCUT2D eigenvalue weighted by Gasteiger charge is -1.91. The molecule has 0 aliphatic carbocycles. The van der Waals surface area contributed by atoms with Crippen LogP contribution in [0.15, 0.2) is 0 Å². The first-order valence-corrected chi connectivity index (χ1v) is 5.21. The van der Waals surface area contributed by atoms with Crippen LogP contribution in [0, 0.1) is 0 Å². The van der Waals surface area contributed by atoms with Gasteiger partial charge in [0.2, 0.25) is 10.0 Å². The van der Waals surface area contributed by atoms with Crippen LogP contribution in [0.25, 0.3) is 0 Å². The van der Waals surface area contributed by atoms with E-state index in [0.29, 0.717) is 6.42 Å². The molecule has 0 aromatic rings. The molecule has 0 bridgehead atoms. The maximum atomic E-state index is 10.2. The molecule has 5 nitrogen and oxygen atoms in total. The van der Waals surface area contributed by atoms with Gasteiger partial charge in [-0.1, -0.05) is 13.3 Å². The van der Waals surface area contributed by atoms with Gasteiger partial charge in [0, 0.05) is 6.92 Å². The third kappa shape index (κ3) is 34.3. The Kier molecular flexibility index (Phi) is 8.19. The third-order valence-electron chi connectivity index (χ3n) is 0.782. The zero-order chi connectivity index (χ0) is 10.2. The molecule has 0 aromatic heterocycles. The van der Waals surface area contributed by atoms with Gasteiger partial charge in [-0.3, -0.25) is 4.79 Å². The second-order valence-corrected chi connectivity index (χ2v) is 3.97. The smallest absolute Gasteiger partial charge is 0.300 e. The largest absolute Gasteiger partial charge is 0.481 e. The number of hydrogen-bond acceptors (Lipinski definition) is 3. The minimum absolute atomic E-state index is 0.115. The number of carboxylic acids is 1. The molecule has 0 amide bonds. The lowest BCUT2D eigenvalue weighted by atomic mass is 10.4. The monoisotopic (exact) mass is 197 g/mol. The van der Waals surface area contributed by atoms with E-state index in [1.807, 2.05) is 6.92 Å². The first-order valence-electron chi connectivity index (χ1n) is 3.49. The second-order valence-electron chi connectivity index (χ2n) is 2.24. The van der Waals surface area contributed by atoms with Gasteiger partial charge in [-0.05, 0) is 6.42 Å². The molecule has 0 aromatic carbocycles. The van der Waals surface area contributed by atoms with E-state index >= 15 is 0 Å². The summed E-state index contributed by atoms with van der Waals surface area (Å²) in [5.74, 6) is -0.719. The van der Waals surface area contributed by atoms with E-state index in [-0.39, 0.29) is 5.75 Å². The lowest BCUT2D eigenvalue weighted by Crippen LogP contribution is -2.15. The summed E-state index contributed by atoms with van der Waals surface area (Å²) in [6.45, 7) is 3.01. The molecular weight excluding hydrogens is 182 g/mol. The number of nitrogens with two attached hydrogens (primary N) is 1. The van der Waals surface area contributed by atoms with Crippen molar-refractivity contribution in [2.75, 3.05) is 5.75 Å². The third-order valence-corrected chi connectivity index (χ3v) is 1.64. The number of hydrogen-bond donors (Lipinski definition) is 2. The fourth-order valence-corrected chi connectivity index (χ4v) is 1.04. The highest BCUT2D eigenvalue weighted by Gasteiger charge is 1.98. The average Bonchev–Trinajstić information content (AvgIpc) is 1.80. The summed E-state index contributed by atoms with van der Waals surface area (Å²) in [6.07, 6.45) is 1.54. The van der Waals surface area contributed by atoms with Crippen LogP contribution in [0.3, 0.4) is 0 Å². The van der Waals surface area contributed by atoms with E-state index in [2.05, 4.69) is 0 Å². The molecule has 0 radical (unpaired) electrons. The molecule has 12 heavy (non-hydrogen) atoms. The zero-order valence-corrected chi connectivity index (χ0v) is 8.10. The molecule has 0 saturated carbocycles. The predicted octanol–water partition coefficient (Wildman–Crippen LogP) is 0.166. The van der Waals surface area contributed by atoms with Crippen molar-refractivity contribution in [2.24, 2.45) is 5.14 Å². The number of unbranched alkanes of at least 4 members (excludes halogenated alkanes) is 1. The first kappa shape index (κ1) is 13.9. The summed E-state index contributed by atoms with van der Waals surface area (Å²) in [6, 6.07) is 0. The normalized spacial score (nSPS) is 9.92. The molecule has 0 atom stereocenters. The van der Waals surface area contributed by atoms with Crippen LogP contribution in [-0.4, -0.2) is 25.2 Å². The van der Waals surface area contributed by atoms with E-state index in [1.165, 1.54) is 0 Å². The molecule has 0 heterocycles. The van der Waals surface area contributed by atoms with Crippen molar-refractivity contribution in [3.05, 3.63) is 0 Å². The van der Waals surface area contributed by atoms with Gasteiger partial charge >= 0.3 is 0 Å². The Balaban J connectivity index is 0. The Hall–Kier alpha value is -0.620. The molecule has 0 aliphatic heterocycles. The van der Waals surface area contributed by atoms with Gasteiger partial charge in [0.05, 0.1) is 5.75 Å². The molecule has 0 spiro atoms. The fraction of sp³-hybridized carbons (Fsp3) is 0.833. The summed E-state index contributed by atoms with van der Waals surface area (Å²) in [5, 5.41) is 12.1. The number of carbonyl (C=O) groups is 1. The van der Waals surface area contributed by atoms with Gasteiger partial charge in [-0.2, -0.15) is 0 Å². The highest BCUT2D eigenvalue weighted by molar-refractivity contribution is 7.89. The SMILES string of the molecule is CC(=O)O.CCCCS(N)(=O)=O. The van der Waals surface area contributed by atoms with Gasteiger partial charge < -0.3 is 5.11 Å². The standard InChI is InChI=1S/C4H11NO2S.C2H4O2/c1-2-3-4-8(5,6)7;1-2(3)4/h2-4H2,1H3,(H2,5,6,7);1H3,(H,3,4). The molecule has 0 rings (SSSR count). The van der Waals surface area contributed by atoms with Crippen LogP contribution in [0.2, 0.25) is 0 Å². The Morgan fingerprint density at radius 3 is 1.92 bits per heavy atom. The summed E-state index contributed by atoms with van der Waals surface area (Å²) < 4.78 is 20.3. The van der Waals surface area contributed by atoms with Crippen molar-refractivity contribution in [1.29, 1.82) is 0 Å². The Morgan fingerprint density at radius 1 is 1.50 bits per heavy atom. The molecule has 0 fully saturated rings. The molecule has 3 N–H and O–H groups in total. The van der Waals surface area contributed by atoms with Gasteiger partial charge in [0.25, 0.3) is 5.97 Å². The van der Waals surface area contributed by atoms with Crippen LogP contribution in [0.4, 0.5) is 0 Å². The van der Waals surface area contributed by atoms with Crippen molar-refractivity contribution in [3.8, 4) is 0 Å². The maximum Gasteiger partial charge on any atom is 0.300 e. The summed E-state index contributed by atoms with van der Waals surface area (Å²) >= 11 is 0. The topological polar surface area (TPSA) is 97.5 Å². The van der Waals surface area contributed by atoms with Crippen molar-refractivity contribution in [3.63, 3.8) is 0 Å². The molecule has 6 heteroatoms. The number of aliphatic carboxylic acids is 1. The molecule has 0 aliphatic rings. The summed E-state index contributed by atoms with van der Waals surface area (Å²) in [7, 11) is -3.19.